The minimum absolute atomic E-state index is 0.299. The van der Waals surface area contributed by atoms with Crippen LogP contribution in [-0.4, -0.2) is 5.11 Å². The molecule has 0 radical (unpaired) electrons. The molecule has 130 valence electrons. The first-order valence-electron chi connectivity index (χ1n) is 9.03. The SMILES string of the molecule is Oc1c(C=C(c2ccccc2)c2ccccc2)cccc1-c1ccccc1. The van der Waals surface area contributed by atoms with E-state index in [0.29, 0.717) is 5.75 Å². The molecule has 4 aromatic rings. The minimum Gasteiger partial charge on any atom is -0.507 e. The van der Waals surface area contributed by atoms with E-state index in [9.17, 15) is 5.11 Å². The number of benzene rings is 4. The Labute approximate surface area is 159 Å². The molecular formula is C26H20O. The lowest BCUT2D eigenvalue weighted by atomic mass is 9.94. The zero-order valence-corrected chi connectivity index (χ0v) is 14.9. The summed E-state index contributed by atoms with van der Waals surface area (Å²) in [5, 5.41) is 10.9. The minimum atomic E-state index is 0.299. The number of phenols is 1. The summed E-state index contributed by atoms with van der Waals surface area (Å²) in [4.78, 5) is 0. The van der Waals surface area contributed by atoms with Crippen LogP contribution in [0, 0.1) is 0 Å². The van der Waals surface area contributed by atoms with E-state index in [2.05, 4.69) is 30.3 Å². The first kappa shape index (κ1) is 16.9. The molecule has 0 saturated heterocycles. The molecule has 0 unspecified atom stereocenters. The van der Waals surface area contributed by atoms with Crippen molar-refractivity contribution in [1.29, 1.82) is 0 Å². The number of hydrogen-bond donors (Lipinski definition) is 1. The predicted octanol–water partition coefficient (Wildman–Crippen LogP) is 6.65. The lowest BCUT2D eigenvalue weighted by molar-refractivity contribution is 0.476. The summed E-state index contributed by atoms with van der Waals surface area (Å²) in [7, 11) is 0. The summed E-state index contributed by atoms with van der Waals surface area (Å²) in [5.74, 6) is 0.299. The van der Waals surface area contributed by atoms with Gasteiger partial charge in [0, 0.05) is 11.1 Å². The molecule has 0 heterocycles. The van der Waals surface area contributed by atoms with Gasteiger partial charge in [0.15, 0.2) is 0 Å². The predicted molar refractivity (Wildman–Crippen MR) is 113 cm³/mol. The van der Waals surface area contributed by atoms with Crippen LogP contribution in [-0.2, 0) is 0 Å². The van der Waals surface area contributed by atoms with Crippen LogP contribution in [0.15, 0.2) is 109 Å². The summed E-state index contributed by atoms with van der Waals surface area (Å²) >= 11 is 0. The lowest BCUT2D eigenvalue weighted by Gasteiger charge is -2.12. The number of para-hydroxylation sites is 1. The second-order valence-electron chi connectivity index (χ2n) is 6.40. The van der Waals surface area contributed by atoms with Crippen LogP contribution in [0.5, 0.6) is 5.75 Å². The van der Waals surface area contributed by atoms with Crippen molar-refractivity contribution >= 4 is 11.6 Å². The third kappa shape index (κ3) is 3.68. The molecule has 0 aliphatic rings. The first-order chi connectivity index (χ1) is 13.3. The molecule has 0 saturated carbocycles. The van der Waals surface area contributed by atoms with Crippen LogP contribution in [0.4, 0.5) is 0 Å². The van der Waals surface area contributed by atoms with Gasteiger partial charge in [0.2, 0.25) is 0 Å². The first-order valence-corrected chi connectivity index (χ1v) is 9.03. The Hall–Kier alpha value is -3.58. The highest BCUT2D eigenvalue weighted by Crippen LogP contribution is 2.35. The van der Waals surface area contributed by atoms with Crippen molar-refractivity contribution < 1.29 is 5.11 Å². The molecule has 0 aliphatic heterocycles. The maximum atomic E-state index is 10.9. The highest BCUT2D eigenvalue weighted by molar-refractivity contribution is 5.93. The van der Waals surface area contributed by atoms with E-state index in [1.807, 2.05) is 84.9 Å². The fourth-order valence-electron chi connectivity index (χ4n) is 3.25. The largest absolute Gasteiger partial charge is 0.507 e. The average molecular weight is 348 g/mol. The molecule has 0 fully saturated rings. The maximum Gasteiger partial charge on any atom is 0.130 e. The van der Waals surface area contributed by atoms with Gasteiger partial charge in [-0.05, 0) is 28.3 Å². The summed E-state index contributed by atoms with van der Waals surface area (Å²) in [5.41, 5.74) is 5.97. The Morgan fingerprint density at radius 1 is 0.556 bits per heavy atom. The van der Waals surface area contributed by atoms with Crippen LogP contribution in [0.25, 0.3) is 22.8 Å². The van der Waals surface area contributed by atoms with Crippen molar-refractivity contribution in [2.45, 2.75) is 0 Å². The van der Waals surface area contributed by atoms with E-state index in [0.717, 1.165) is 33.4 Å². The molecule has 0 atom stereocenters. The van der Waals surface area contributed by atoms with Gasteiger partial charge in [-0.1, -0.05) is 109 Å². The Balaban J connectivity index is 1.87. The van der Waals surface area contributed by atoms with Crippen LogP contribution >= 0.6 is 0 Å². The number of hydrogen-bond acceptors (Lipinski definition) is 1. The normalized spacial score (nSPS) is 10.4. The van der Waals surface area contributed by atoms with Gasteiger partial charge >= 0.3 is 0 Å². The zero-order valence-electron chi connectivity index (χ0n) is 14.9. The quantitative estimate of drug-likeness (QED) is 0.409. The number of phenolic OH excluding ortho intramolecular Hbond substituents is 1. The van der Waals surface area contributed by atoms with Gasteiger partial charge in [-0.2, -0.15) is 0 Å². The molecule has 4 aromatic carbocycles. The molecule has 1 nitrogen and oxygen atoms in total. The smallest absolute Gasteiger partial charge is 0.130 e. The summed E-state index contributed by atoms with van der Waals surface area (Å²) in [6.07, 6.45) is 2.06. The molecule has 0 aliphatic carbocycles. The molecular weight excluding hydrogens is 328 g/mol. The number of aromatic hydroxyl groups is 1. The van der Waals surface area contributed by atoms with Gasteiger partial charge < -0.3 is 5.11 Å². The van der Waals surface area contributed by atoms with Crippen molar-refractivity contribution in [3.63, 3.8) is 0 Å². The van der Waals surface area contributed by atoms with E-state index < -0.39 is 0 Å². The second kappa shape index (κ2) is 7.76. The van der Waals surface area contributed by atoms with Gasteiger partial charge in [0.1, 0.15) is 5.75 Å². The molecule has 0 aromatic heterocycles. The van der Waals surface area contributed by atoms with Crippen LogP contribution in [0.2, 0.25) is 0 Å². The third-order valence-electron chi connectivity index (χ3n) is 4.62. The zero-order chi connectivity index (χ0) is 18.5. The molecule has 0 amide bonds. The lowest BCUT2D eigenvalue weighted by Crippen LogP contribution is -1.89. The Morgan fingerprint density at radius 2 is 1.07 bits per heavy atom. The van der Waals surface area contributed by atoms with Gasteiger partial charge in [0.05, 0.1) is 0 Å². The molecule has 27 heavy (non-hydrogen) atoms. The fourth-order valence-corrected chi connectivity index (χ4v) is 3.25. The van der Waals surface area contributed by atoms with E-state index in [1.54, 1.807) is 0 Å². The van der Waals surface area contributed by atoms with Gasteiger partial charge in [0.25, 0.3) is 0 Å². The van der Waals surface area contributed by atoms with Crippen LogP contribution in [0.1, 0.15) is 16.7 Å². The van der Waals surface area contributed by atoms with Crippen molar-refractivity contribution in [1.82, 2.24) is 0 Å². The summed E-state index contributed by atoms with van der Waals surface area (Å²) in [6.45, 7) is 0. The molecule has 4 rings (SSSR count). The van der Waals surface area contributed by atoms with E-state index in [1.165, 1.54) is 0 Å². The average Bonchev–Trinajstić information content (AvgIpc) is 2.75. The maximum absolute atomic E-state index is 10.9. The second-order valence-corrected chi connectivity index (χ2v) is 6.40. The summed E-state index contributed by atoms with van der Waals surface area (Å²) < 4.78 is 0. The fraction of sp³-hybridized carbons (Fsp3) is 0. The van der Waals surface area contributed by atoms with E-state index in [-0.39, 0.29) is 0 Å². The molecule has 0 bridgehead atoms. The highest BCUT2D eigenvalue weighted by Gasteiger charge is 2.10. The van der Waals surface area contributed by atoms with Crippen molar-refractivity contribution in [3.05, 3.63) is 126 Å². The van der Waals surface area contributed by atoms with Crippen molar-refractivity contribution in [2.75, 3.05) is 0 Å². The Morgan fingerprint density at radius 3 is 1.63 bits per heavy atom. The standard InChI is InChI=1S/C26H20O/c27-26-23(17-10-18-24(26)20-11-4-1-5-12-20)19-25(21-13-6-2-7-14-21)22-15-8-3-9-16-22/h1-19,27H. The van der Waals surface area contributed by atoms with Crippen molar-refractivity contribution in [2.24, 2.45) is 0 Å². The number of rotatable bonds is 4. The molecule has 1 heteroatoms. The van der Waals surface area contributed by atoms with Gasteiger partial charge in [-0.3, -0.25) is 0 Å². The van der Waals surface area contributed by atoms with Gasteiger partial charge in [-0.25, -0.2) is 0 Å². The Kier molecular flexibility index (Phi) is 4.84. The topological polar surface area (TPSA) is 20.2 Å². The van der Waals surface area contributed by atoms with Crippen LogP contribution < -0.4 is 0 Å². The summed E-state index contributed by atoms with van der Waals surface area (Å²) in [6, 6.07) is 36.4. The third-order valence-corrected chi connectivity index (χ3v) is 4.62. The van der Waals surface area contributed by atoms with Crippen molar-refractivity contribution in [3.8, 4) is 16.9 Å². The van der Waals surface area contributed by atoms with E-state index in [4.69, 9.17) is 0 Å². The highest BCUT2D eigenvalue weighted by atomic mass is 16.3. The molecule has 0 spiro atoms. The Bertz CT molecular complexity index is 1010. The van der Waals surface area contributed by atoms with E-state index >= 15 is 0 Å². The monoisotopic (exact) mass is 348 g/mol. The molecule has 1 N–H and O–H groups in total. The van der Waals surface area contributed by atoms with Crippen LogP contribution in [0.3, 0.4) is 0 Å². The van der Waals surface area contributed by atoms with Gasteiger partial charge in [-0.15, -0.1) is 0 Å².